The Morgan fingerprint density at radius 2 is 1.64 bits per heavy atom. The van der Waals surface area contributed by atoms with Crippen LogP contribution in [0.3, 0.4) is 0 Å². The zero-order chi connectivity index (χ0) is 18.6. The summed E-state index contributed by atoms with van der Waals surface area (Å²) in [5.74, 6) is 0.354. The maximum absolute atomic E-state index is 12.2. The molecule has 2 N–H and O–H groups in total. The van der Waals surface area contributed by atoms with Crippen LogP contribution in [0.4, 0.5) is 0 Å². The number of hydrogen-bond acceptors (Lipinski definition) is 6. The van der Waals surface area contributed by atoms with E-state index < -0.39 is 11.9 Å². The highest BCUT2D eigenvalue weighted by atomic mass is 16.5. The summed E-state index contributed by atoms with van der Waals surface area (Å²) >= 11 is 0. The summed E-state index contributed by atoms with van der Waals surface area (Å²) in [5.41, 5.74) is 1.49. The van der Waals surface area contributed by atoms with E-state index in [2.05, 4.69) is 10.2 Å². The molecule has 1 aromatic heterocycles. The normalized spacial score (nSPS) is 11.7. The second-order valence-electron chi connectivity index (χ2n) is 5.41. The predicted octanol–water partition coefficient (Wildman–Crippen LogP) is 1.73. The molecular formula is C17H22N2O6. The number of aromatic nitrogens is 2. The number of carbonyl (C=O) groups is 1. The van der Waals surface area contributed by atoms with Crippen molar-refractivity contribution in [3.8, 4) is 17.2 Å². The summed E-state index contributed by atoms with van der Waals surface area (Å²) in [6.45, 7) is 1.76. The quantitative estimate of drug-likeness (QED) is 0.737. The highest BCUT2D eigenvalue weighted by molar-refractivity contribution is 5.71. The van der Waals surface area contributed by atoms with E-state index >= 15 is 0 Å². The van der Waals surface area contributed by atoms with Gasteiger partial charge < -0.3 is 24.0 Å². The third-order valence-corrected chi connectivity index (χ3v) is 4.05. The minimum Gasteiger partial charge on any atom is -0.493 e. The number of aryl methyl sites for hydroxylation is 1. The number of rotatable bonds is 7. The molecule has 2 rings (SSSR count). The maximum atomic E-state index is 12.2. The molecule has 0 fully saturated rings. The van der Waals surface area contributed by atoms with Crippen LogP contribution in [0, 0.1) is 6.92 Å². The zero-order valence-corrected chi connectivity index (χ0v) is 14.9. The fourth-order valence-electron chi connectivity index (χ4n) is 2.81. The fraction of sp³-hybridized carbons (Fsp3) is 0.412. The van der Waals surface area contributed by atoms with Gasteiger partial charge in [0.15, 0.2) is 11.5 Å². The smallest absolute Gasteiger partial charge is 0.306 e. The average molecular weight is 350 g/mol. The third kappa shape index (κ3) is 3.62. The topological polar surface area (TPSA) is 103 Å². The van der Waals surface area contributed by atoms with E-state index in [1.807, 2.05) is 0 Å². The van der Waals surface area contributed by atoms with Crippen molar-refractivity contribution in [2.45, 2.75) is 19.3 Å². The van der Waals surface area contributed by atoms with Crippen molar-refractivity contribution in [3.05, 3.63) is 39.3 Å². The van der Waals surface area contributed by atoms with Gasteiger partial charge in [-0.3, -0.25) is 14.7 Å². The Morgan fingerprint density at radius 1 is 1.04 bits per heavy atom. The van der Waals surface area contributed by atoms with Crippen molar-refractivity contribution in [2.24, 2.45) is 0 Å². The first-order valence-corrected chi connectivity index (χ1v) is 7.60. The summed E-state index contributed by atoms with van der Waals surface area (Å²) in [6, 6.07) is 3.45. The molecule has 8 heteroatoms. The fourth-order valence-corrected chi connectivity index (χ4v) is 2.81. The Kier molecular flexibility index (Phi) is 5.74. The molecule has 8 nitrogen and oxygen atoms in total. The average Bonchev–Trinajstić information content (AvgIpc) is 2.96. The third-order valence-electron chi connectivity index (χ3n) is 4.05. The van der Waals surface area contributed by atoms with Crippen molar-refractivity contribution < 1.29 is 23.7 Å². The largest absolute Gasteiger partial charge is 0.493 e. The molecule has 1 atom stereocenters. The van der Waals surface area contributed by atoms with E-state index in [0.717, 1.165) is 0 Å². The van der Waals surface area contributed by atoms with Crippen molar-refractivity contribution in [1.29, 1.82) is 0 Å². The Labute approximate surface area is 145 Å². The highest BCUT2D eigenvalue weighted by Gasteiger charge is 2.27. The van der Waals surface area contributed by atoms with Crippen LogP contribution in [0.5, 0.6) is 17.2 Å². The summed E-state index contributed by atoms with van der Waals surface area (Å²) in [7, 11) is 5.82. The van der Waals surface area contributed by atoms with Gasteiger partial charge in [-0.15, -0.1) is 0 Å². The molecule has 0 radical (unpaired) electrons. The van der Waals surface area contributed by atoms with Gasteiger partial charge in [0.1, 0.15) is 0 Å². The van der Waals surface area contributed by atoms with Gasteiger partial charge in [0.25, 0.3) is 5.56 Å². The molecule has 0 saturated carbocycles. The standard InChI is InChI=1S/C17H22N2O6/c1-9-15(17(21)19-18-9)11(8-14(20)24-4)10-6-12(22-2)16(25-5)13(7-10)23-3/h6-7,11H,8H2,1-5H3,(H2,18,19,21)/t11-/m0/s1. The van der Waals surface area contributed by atoms with Crippen LogP contribution in [-0.4, -0.2) is 44.6 Å². The first-order chi connectivity index (χ1) is 12.0. The molecule has 25 heavy (non-hydrogen) atoms. The summed E-state index contributed by atoms with van der Waals surface area (Å²) in [5, 5.41) is 5.32. The molecule has 0 spiro atoms. The lowest BCUT2D eigenvalue weighted by Gasteiger charge is -2.19. The Hall–Kier alpha value is -2.90. The van der Waals surface area contributed by atoms with Crippen LogP contribution >= 0.6 is 0 Å². The first kappa shape index (κ1) is 18.4. The van der Waals surface area contributed by atoms with Gasteiger partial charge >= 0.3 is 5.97 Å². The Balaban J connectivity index is 2.65. The van der Waals surface area contributed by atoms with Crippen molar-refractivity contribution >= 4 is 5.97 Å². The first-order valence-electron chi connectivity index (χ1n) is 7.60. The van der Waals surface area contributed by atoms with Gasteiger partial charge in [-0.2, -0.15) is 0 Å². The predicted molar refractivity (Wildman–Crippen MR) is 90.7 cm³/mol. The number of aromatic amines is 2. The van der Waals surface area contributed by atoms with E-state index in [0.29, 0.717) is 34.1 Å². The SMILES string of the molecule is COC(=O)C[C@@H](c1cc(OC)c(OC)c(OC)c1)c1c(C)[nH][nH]c1=O. The van der Waals surface area contributed by atoms with E-state index in [4.69, 9.17) is 18.9 Å². The van der Waals surface area contributed by atoms with Gasteiger partial charge in [-0.25, -0.2) is 0 Å². The number of hydrogen-bond donors (Lipinski definition) is 2. The van der Waals surface area contributed by atoms with Gasteiger partial charge in [0.05, 0.1) is 34.9 Å². The summed E-state index contributed by atoms with van der Waals surface area (Å²) < 4.78 is 20.8. The van der Waals surface area contributed by atoms with Crippen LogP contribution in [0.1, 0.15) is 29.2 Å². The second kappa shape index (κ2) is 7.78. The van der Waals surface area contributed by atoms with Crippen LogP contribution in [-0.2, 0) is 9.53 Å². The number of carbonyl (C=O) groups excluding carboxylic acids is 1. The van der Waals surface area contributed by atoms with Crippen LogP contribution in [0.2, 0.25) is 0 Å². The molecule has 0 bridgehead atoms. The Bertz CT molecular complexity index is 783. The monoisotopic (exact) mass is 350 g/mol. The van der Waals surface area contributed by atoms with Gasteiger partial charge in [0, 0.05) is 17.2 Å². The molecule has 0 aliphatic heterocycles. The molecule has 1 heterocycles. The molecule has 136 valence electrons. The number of H-pyrrole nitrogens is 2. The lowest BCUT2D eigenvalue weighted by Crippen LogP contribution is -2.17. The molecule has 0 unspecified atom stereocenters. The second-order valence-corrected chi connectivity index (χ2v) is 5.41. The van der Waals surface area contributed by atoms with Crippen LogP contribution < -0.4 is 19.8 Å². The molecule has 0 amide bonds. The lowest BCUT2D eigenvalue weighted by molar-refractivity contribution is -0.140. The minimum atomic E-state index is -0.531. The van der Waals surface area contributed by atoms with E-state index in [1.54, 1.807) is 19.1 Å². The molecular weight excluding hydrogens is 328 g/mol. The van der Waals surface area contributed by atoms with Gasteiger partial charge in [0.2, 0.25) is 5.75 Å². The van der Waals surface area contributed by atoms with Gasteiger partial charge in [-0.1, -0.05) is 0 Å². The number of nitrogens with one attached hydrogen (secondary N) is 2. The van der Waals surface area contributed by atoms with Crippen LogP contribution in [0.25, 0.3) is 0 Å². The van der Waals surface area contributed by atoms with E-state index in [9.17, 15) is 9.59 Å². The molecule has 0 aliphatic carbocycles. The molecule has 2 aromatic rings. The van der Waals surface area contributed by atoms with Gasteiger partial charge in [-0.05, 0) is 24.6 Å². The van der Waals surface area contributed by atoms with Crippen molar-refractivity contribution in [2.75, 3.05) is 28.4 Å². The summed E-state index contributed by atoms with van der Waals surface area (Å²) in [6.07, 6.45) is -0.00306. The minimum absolute atomic E-state index is 0.00306. The van der Waals surface area contributed by atoms with E-state index in [1.165, 1.54) is 28.4 Å². The van der Waals surface area contributed by atoms with Crippen molar-refractivity contribution in [1.82, 2.24) is 10.2 Å². The molecule has 0 aliphatic rings. The molecule has 0 saturated heterocycles. The van der Waals surface area contributed by atoms with Crippen molar-refractivity contribution in [3.63, 3.8) is 0 Å². The Morgan fingerprint density at radius 3 is 2.04 bits per heavy atom. The molecule has 1 aromatic carbocycles. The zero-order valence-electron chi connectivity index (χ0n) is 14.9. The highest BCUT2D eigenvalue weighted by Crippen LogP contribution is 2.42. The number of ether oxygens (including phenoxy) is 4. The maximum Gasteiger partial charge on any atom is 0.306 e. The lowest BCUT2D eigenvalue weighted by atomic mass is 9.88. The van der Waals surface area contributed by atoms with Crippen LogP contribution in [0.15, 0.2) is 16.9 Å². The number of methoxy groups -OCH3 is 4. The number of esters is 1. The van der Waals surface area contributed by atoms with E-state index in [-0.39, 0.29) is 12.0 Å². The number of benzene rings is 1. The summed E-state index contributed by atoms with van der Waals surface area (Å²) in [4.78, 5) is 24.1.